The SMILES string of the molecule is CS(=O)(=O)c1ncc(C(F)(F)F)c(CCc2ccccc2CC(N)=O)n1. The summed E-state index contributed by atoms with van der Waals surface area (Å²) in [4.78, 5) is 18.0. The number of primary amides is 1. The summed E-state index contributed by atoms with van der Waals surface area (Å²) in [6.07, 6.45) is -3.49. The zero-order chi connectivity index (χ0) is 19.5. The van der Waals surface area contributed by atoms with Crippen LogP contribution >= 0.6 is 0 Å². The molecule has 1 heterocycles. The van der Waals surface area contributed by atoms with Gasteiger partial charge in [-0.25, -0.2) is 18.4 Å². The molecule has 2 aromatic rings. The highest BCUT2D eigenvalue weighted by atomic mass is 32.2. The number of hydrogen-bond donors (Lipinski definition) is 1. The van der Waals surface area contributed by atoms with Crippen molar-refractivity contribution >= 4 is 15.7 Å². The summed E-state index contributed by atoms with van der Waals surface area (Å²) in [6, 6.07) is 6.71. The molecule has 0 aliphatic heterocycles. The van der Waals surface area contributed by atoms with Crippen LogP contribution in [-0.4, -0.2) is 30.5 Å². The molecule has 6 nitrogen and oxygen atoms in total. The van der Waals surface area contributed by atoms with E-state index in [4.69, 9.17) is 5.73 Å². The van der Waals surface area contributed by atoms with Gasteiger partial charge in [0.1, 0.15) is 0 Å². The van der Waals surface area contributed by atoms with Gasteiger partial charge in [-0.05, 0) is 24.0 Å². The van der Waals surface area contributed by atoms with Crippen LogP contribution in [0.25, 0.3) is 0 Å². The van der Waals surface area contributed by atoms with E-state index in [1.807, 2.05) is 0 Å². The molecule has 2 N–H and O–H groups in total. The third-order valence-electron chi connectivity index (χ3n) is 3.60. The van der Waals surface area contributed by atoms with Gasteiger partial charge in [0, 0.05) is 12.5 Å². The number of nitrogens with two attached hydrogens (primary N) is 1. The molecule has 2 rings (SSSR count). The van der Waals surface area contributed by atoms with Crippen LogP contribution in [0.15, 0.2) is 35.6 Å². The number of alkyl halides is 3. The quantitative estimate of drug-likeness (QED) is 0.760. The van der Waals surface area contributed by atoms with E-state index in [0.717, 1.165) is 6.26 Å². The second-order valence-corrected chi connectivity index (χ2v) is 7.60. The number of aromatic nitrogens is 2. The largest absolute Gasteiger partial charge is 0.419 e. The van der Waals surface area contributed by atoms with Gasteiger partial charge in [-0.2, -0.15) is 13.2 Å². The number of carbonyl (C=O) groups excluding carboxylic acids is 1. The Morgan fingerprint density at radius 2 is 1.77 bits per heavy atom. The number of halogens is 3. The molecule has 0 bridgehead atoms. The maximum absolute atomic E-state index is 13.2. The summed E-state index contributed by atoms with van der Waals surface area (Å²) in [5.74, 6) is -0.560. The van der Waals surface area contributed by atoms with Crippen molar-refractivity contribution in [2.45, 2.75) is 30.6 Å². The third kappa shape index (κ3) is 5.01. The molecule has 1 amide bonds. The van der Waals surface area contributed by atoms with Gasteiger partial charge in [-0.15, -0.1) is 0 Å². The predicted octanol–water partition coefficient (Wildman–Crippen LogP) is 1.71. The first kappa shape index (κ1) is 19.8. The topological polar surface area (TPSA) is 103 Å². The Labute approximate surface area is 148 Å². The Hall–Kier alpha value is -2.49. The van der Waals surface area contributed by atoms with E-state index in [1.165, 1.54) is 0 Å². The molecule has 0 saturated heterocycles. The molecule has 0 aliphatic rings. The van der Waals surface area contributed by atoms with Crippen molar-refractivity contribution in [1.29, 1.82) is 0 Å². The first-order valence-electron chi connectivity index (χ1n) is 7.46. The van der Waals surface area contributed by atoms with Gasteiger partial charge < -0.3 is 5.73 Å². The zero-order valence-corrected chi connectivity index (χ0v) is 14.6. The minimum absolute atomic E-state index is 0.0410. The molecule has 0 aliphatic carbocycles. The highest BCUT2D eigenvalue weighted by Gasteiger charge is 2.35. The number of amides is 1. The lowest BCUT2D eigenvalue weighted by Crippen LogP contribution is -2.17. The van der Waals surface area contributed by atoms with Gasteiger partial charge in [-0.1, -0.05) is 24.3 Å². The summed E-state index contributed by atoms with van der Waals surface area (Å²) in [5.41, 5.74) is 4.91. The van der Waals surface area contributed by atoms with Crippen LogP contribution in [0.2, 0.25) is 0 Å². The van der Waals surface area contributed by atoms with E-state index in [0.29, 0.717) is 17.3 Å². The number of hydrogen-bond acceptors (Lipinski definition) is 5. The van der Waals surface area contributed by atoms with Gasteiger partial charge in [0.2, 0.25) is 20.9 Å². The van der Waals surface area contributed by atoms with Crippen molar-refractivity contribution in [2.24, 2.45) is 5.73 Å². The first-order valence-corrected chi connectivity index (χ1v) is 9.36. The van der Waals surface area contributed by atoms with Crippen LogP contribution in [0.4, 0.5) is 13.2 Å². The Morgan fingerprint density at radius 3 is 2.31 bits per heavy atom. The van der Waals surface area contributed by atoms with Crippen LogP contribution in [0.1, 0.15) is 22.4 Å². The fraction of sp³-hybridized carbons (Fsp3) is 0.312. The number of benzene rings is 1. The van der Waals surface area contributed by atoms with Crippen molar-refractivity contribution < 1.29 is 26.4 Å². The molecule has 10 heteroatoms. The van der Waals surface area contributed by atoms with E-state index in [9.17, 15) is 26.4 Å². The molecule has 0 fully saturated rings. The van der Waals surface area contributed by atoms with Gasteiger partial charge in [0.05, 0.1) is 17.7 Å². The number of sulfone groups is 1. The monoisotopic (exact) mass is 387 g/mol. The molecule has 1 aromatic heterocycles. The Balaban J connectivity index is 2.38. The molecule has 140 valence electrons. The van der Waals surface area contributed by atoms with Gasteiger partial charge in [0.25, 0.3) is 0 Å². The minimum Gasteiger partial charge on any atom is -0.369 e. The number of rotatable bonds is 6. The fourth-order valence-electron chi connectivity index (χ4n) is 2.42. The van der Waals surface area contributed by atoms with Gasteiger partial charge >= 0.3 is 6.18 Å². The Kier molecular flexibility index (Phi) is 5.65. The lowest BCUT2D eigenvalue weighted by atomic mass is 9.98. The van der Waals surface area contributed by atoms with Crippen molar-refractivity contribution in [3.8, 4) is 0 Å². The van der Waals surface area contributed by atoms with Crippen LogP contribution in [0.3, 0.4) is 0 Å². The molecular formula is C16H16F3N3O3S. The van der Waals surface area contributed by atoms with Crippen molar-refractivity contribution in [3.63, 3.8) is 0 Å². The van der Waals surface area contributed by atoms with Crippen LogP contribution in [0.5, 0.6) is 0 Å². The van der Waals surface area contributed by atoms with Crippen LogP contribution in [0, 0.1) is 0 Å². The molecule has 0 radical (unpaired) electrons. The smallest absolute Gasteiger partial charge is 0.369 e. The molecule has 1 aromatic carbocycles. The second kappa shape index (κ2) is 7.40. The van der Waals surface area contributed by atoms with E-state index >= 15 is 0 Å². The van der Waals surface area contributed by atoms with E-state index in [1.54, 1.807) is 24.3 Å². The van der Waals surface area contributed by atoms with Crippen molar-refractivity contribution in [1.82, 2.24) is 9.97 Å². The number of nitrogens with zero attached hydrogens (tertiary/aromatic N) is 2. The van der Waals surface area contributed by atoms with Crippen molar-refractivity contribution in [3.05, 3.63) is 52.8 Å². The maximum Gasteiger partial charge on any atom is 0.419 e. The average Bonchev–Trinajstić information content (AvgIpc) is 2.51. The van der Waals surface area contributed by atoms with E-state index < -0.39 is 38.3 Å². The third-order valence-corrected chi connectivity index (χ3v) is 4.46. The van der Waals surface area contributed by atoms with Gasteiger partial charge in [-0.3, -0.25) is 4.79 Å². The second-order valence-electron chi connectivity index (χ2n) is 5.69. The first-order chi connectivity index (χ1) is 12.0. The Bertz CT molecular complexity index is 928. The minimum atomic E-state index is -4.71. The normalized spacial score (nSPS) is 12.2. The highest BCUT2D eigenvalue weighted by Crippen LogP contribution is 2.31. The predicted molar refractivity (Wildman–Crippen MR) is 86.9 cm³/mol. The molecule has 26 heavy (non-hydrogen) atoms. The summed E-state index contributed by atoms with van der Waals surface area (Å²) >= 11 is 0. The van der Waals surface area contributed by atoms with E-state index in [2.05, 4.69) is 9.97 Å². The maximum atomic E-state index is 13.2. The highest BCUT2D eigenvalue weighted by molar-refractivity contribution is 7.90. The molecule has 0 atom stereocenters. The van der Waals surface area contributed by atoms with Gasteiger partial charge in [0.15, 0.2) is 0 Å². The molecular weight excluding hydrogens is 371 g/mol. The molecule has 0 saturated carbocycles. The van der Waals surface area contributed by atoms with Crippen molar-refractivity contribution in [2.75, 3.05) is 6.26 Å². The standard InChI is InChI=1S/C16H16F3N3O3S/c1-26(24,25)15-21-9-12(16(17,18)19)13(22-15)7-6-10-4-2-3-5-11(10)8-14(20)23/h2-5,9H,6-8H2,1H3,(H2,20,23). The van der Waals surface area contributed by atoms with Crippen LogP contribution < -0.4 is 5.73 Å². The zero-order valence-electron chi connectivity index (χ0n) is 13.7. The lowest BCUT2D eigenvalue weighted by Gasteiger charge is -2.13. The summed E-state index contributed by atoms with van der Waals surface area (Å²) < 4.78 is 62.6. The van der Waals surface area contributed by atoms with Crippen LogP contribution in [-0.2, 0) is 40.1 Å². The molecule has 0 spiro atoms. The fourth-order valence-corrected chi connectivity index (χ4v) is 2.94. The summed E-state index contributed by atoms with van der Waals surface area (Å²) in [5, 5.41) is -0.661. The Morgan fingerprint density at radius 1 is 1.15 bits per heavy atom. The summed E-state index contributed by atoms with van der Waals surface area (Å²) in [6.45, 7) is 0. The summed E-state index contributed by atoms with van der Waals surface area (Å²) in [7, 11) is -3.85. The molecule has 0 unspecified atom stereocenters. The lowest BCUT2D eigenvalue weighted by molar-refractivity contribution is -0.138. The average molecular weight is 387 g/mol. The van der Waals surface area contributed by atoms with E-state index in [-0.39, 0.29) is 19.3 Å². The number of aryl methyl sites for hydroxylation is 2. The number of carbonyl (C=O) groups is 1.